The summed E-state index contributed by atoms with van der Waals surface area (Å²) in [5.41, 5.74) is 5.05. The second-order valence-corrected chi connectivity index (χ2v) is 8.97. The third-order valence-electron chi connectivity index (χ3n) is 3.25. The summed E-state index contributed by atoms with van der Waals surface area (Å²) in [6.07, 6.45) is 0. The van der Waals surface area contributed by atoms with Crippen molar-refractivity contribution in [2.24, 2.45) is 5.73 Å². The molecule has 2 aromatic carbocycles. The van der Waals surface area contributed by atoms with Gasteiger partial charge in [-0.1, -0.05) is 0 Å². The number of sulfonamides is 1. The summed E-state index contributed by atoms with van der Waals surface area (Å²) in [6, 6.07) is 5.15. The number of carbonyl (C=O) groups excluding carboxylic acids is 3. The smallest absolute Gasteiger partial charge is 0.304 e. The number of hydrogen-bond acceptors (Lipinski definition) is 6. The van der Waals surface area contributed by atoms with Crippen LogP contribution in [-0.4, -0.2) is 30.6 Å². The van der Waals surface area contributed by atoms with E-state index >= 15 is 0 Å². The minimum absolute atomic E-state index is 0.00115. The number of nitrogens with one attached hydrogen (secondary N) is 1. The maximum Gasteiger partial charge on any atom is 0.304 e. The molecule has 2 rings (SSSR count). The van der Waals surface area contributed by atoms with Crippen molar-refractivity contribution in [3.8, 4) is 11.5 Å². The summed E-state index contributed by atoms with van der Waals surface area (Å²) in [6.45, 7) is 1.43. The van der Waals surface area contributed by atoms with Crippen molar-refractivity contribution in [3.05, 3.63) is 52.0 Å². The fraction of sp³-hybridized carbons (Fsp3) is 0.118. The largest absolute Gasteiger partial charge is 0.453 e. The number of halogens is 5. The van der Waals surface area contributed by atoms with E-state index in [1.165, 1.54) is 13.0 Å². The molecule has 2 aromatic rings. The molecule has 3 N–H and O–H groups in total. The fourth-order valence-electron chi connectivity index (χ4n) is 1.84. The molecule has 1 amide bonds. The van der Waals surface area contributed by atoms with E-state index in [9.17, 15) is 31.6 Å². The molecule has 0 radical (unpaired) electrons. The number of nitrogens with two attached hydrogens (primary N) is 1. The average molecular weight is 562 g/mol. The van der Waals surface area contributed by atoms with Gasteiger partial charge in [-0.3, -0.25) is 19.1 Å². The topological polar surface area (TPSA) is 133 Å². The molecule has 0 unspecified atom stereocenters. The van der Waals surface area contributed by atoms with Gasteiger partial charge in [0.15, 0.2) is 11.6 Å². The average Bonchev–Trinajstić information content (AvgIpc) is 2.65. The van der Waals surface area contributed by atoms with Crippen molar-refractivity contribution in [2.45, 2.75) is 6.92 Å². The summed E-state index contributed by atoms with van der Waals surface area (Å²) < 4.78 is 57.9. The van der Waals surface area contributed by atoms with Crippen LogP contribution >= 0.6 is 39.1 Å². The fourth-order valence-corrected chi connectivity index (χ4v) is 2.91. The van der Waals surface area contributed by atoms with Crippen molar-refractivity contribution in [2.75, 3.05) is 10.5 Å². The Labute approximate surface area is 193 Å². The number of primary amides is 1. The lowest BCUT2D eigenvalue weighted by molar-refractivity contribution is -0.127. The molecule has 0 bridgehead atoms. The molecule has 14 heteroatoms. The predicted octanol–water partition coefficient (Wildman–Crippen LogP) is 3.90. The molecule has 0 heterocycles. The second kappa shape index (κ2) is 11.4. The third-order valence-corrected chi connectivity index (χ3v) is 5.60. The molecule has 8 nitrogen and oxygen atoms in total. The van der Waals surface area contributed by atoms with Crippen molar-refractivity contribution < 1.29 is 36.3 Å². The first-order chi connectivity index (χ1) is 14.3. The quantitative estimate of drug-likeness (QED) is 0.389. The molecule has 0 fully saturated rings. The highest BCUT2D eigenvalue weighted by atomic mass is 79.9. The summed E-state index contributed by atoms with van der Waals surface area (Å²) >= 11 is 12.1. The van der Waals surface area contributed by atoms with Crippen molar-refractivity contribution >= 4 is 71.2 Å². The normalized spacial score (nSPS) is 10.5. The Balaban J connectivity index is 0.000000703. The van der Waals surface area contributed by atoms with Crippen LogP contribution in [0.1, 0.15) is 17.3 Å². The molecule has 168 valence electrons. The Bertz CT molecular complexity index is 1120. The highest BCUT2D eigenvalue weighted by molar-refractivity contribution is 9.10. The van der Waals surface area contributed by atoms with Gasteiger partial charge in [0.2, 0.25) is 10.0 Å². The molecule has 0 aliphatic rings. The predicted molar refractivity (Wildman–Crippen MR) is 114 cm³/mol. The summed E-state index contributed by atoms with van der Waals surface area (Å²) in [5, 5.41) is -2.28. The number of carbonyl (C=O) groups is 3. The van der Waals surface area contributed by atoms with E-state index in [1.807, 2.05) is 0 Å². The van der Waals surface area contributed by atoms with Gasteiger partial charge in [0.05, 0.1) is 21.5 Å². The highest BCUT2D eigenvalue weighted by Gasteiger charge is 2.18. The number of amides is 1. The maximum atomic E-state index is 13.7. The van der Waals surface area contributed by atoms with E-state index in [1.54, 1.807) is 0 Å². The number of rotatable bonds is 7. The summed E-state index contributed by atoms with van der Waals surface area (Å²) in [5.74, 6) is -3.11. The molecule has 0 spiro atoms. The molecule has 0 aliphatic carbocycles. The van der Waals surface area contributed by atoms with E-state index in [4.69, 9.17) is 10.5 Å². The van der Waals surface area contributed by atoms with E-state index in [2.05, 4.69) is 43.9 Å². The van der Waals surface area contributed by atoms with E-state index in [-0.39, 0.29) is 33.0 Å². The van der Waals surface area contributed by atoms with Gasteiger partial charge in [0.25, 0.3) is 5.91 Å². The van der Waals surface area contributed by atoms with Gasteiger partial charge in [-0.05, 0) is 70.3 Å². The standard InChI is InChI=1S/C15H13BrF2N2O4S.C2Cl2O2/c1-2-25(22,23)20-12-7-10(16)14(6-9(12)15(19)21)24-13-4-3-8(17)5-11(13)18;3-1(5)2(4)6/h3-7,20H,2H2,1H3,(H2,19,21);. The van der Waals surface area contributed by atoms with Crippen LogP contribution in [0.5, 0.6) is 11.5 Å². The van der Waals surface area contributed by atoms with Crippen LogP contribution in [0, 0.1) is 11.6 Å². The Kier molecular flexibility index (Phi) is 9.81. The van der Waals surface area contributed by atoms with Crippen LogP contribution < -0.4 is 15.2 Å². The lowest BCUT2D eigenvalue weighted by Crippen LogP contribution is -2.19. The lowest BCUT2D eigenvalue weighted by atomic mass is 10.1. The van der Waals surface area contributed by atoms with Crippen LogP contribution in [-0.2, 0) is 19.6 Å². The lowest BCUT2D eigenvalue weighted by Gasteiger charge is -2.14. The van der Waals surface area contributed by atoms with Gasteiger partial charge >= 0.3 is 10.5 Å². The van der Waals surface area contributed by atoms with Crippen molar-refractivity contribution in [3.63, 3.8) is 0 Å². The molecule has 0 saturated heterocycles. The van der Waals surface area contributed by atoms with E-state index in [0.717, 1.165) is 18.2 Å². The minimum atomic E-state index is -3.65. The number of benzene rings is 2. The number of hydrogen-bond donors (Lipinski definition) is 2. The van der Waals surface area contributed by atoms with Gasteiger partial charge in [0.1, 0.15) is 11.6 Å². The molecular weight excluding hydrogens is 549 g/mol. The molecular formula is C17H13BrCl2F2N2O6S. The van der Waals surface area contributed by atoms with Crippen molar-refractivity contribution in [1.29, 1.82) is 0 Å². The third kappa shape index (κ3) is 8.40. The Morgan fingerprint density at radius 3 is 2.13 bits per heavy atom. The molecule has 0 atom stereocenters. The van der Waals surface area contributed by atoms with Gasteiger partial charge in [-0.25, -0.2) is 17.2 Å². The molecule has 0 aromatic heterocycles. The Morgan fingerprint density at radius 2 is 1.68 bits per heavy atom. The zero-order chi connectivity index (χ0) is 23.9. The second-order valence-electron chi connectivity index (χ2n) is 5.42. The highest BCUT2D eigenvalue weighted by Crippen LogP contribution is 2.36. The molecule has 0 aliphatic heterocycles. The van der Waals surface area contributed by atoms with Gasteiger partial charge in [-0.2, -0.15) is 0 Å². The maximum absolute atomic E-state index is 13.7. The first-order valence-electron chi connectivity index (χ1n) is 7.93. The zero-order valence-corrected chi connectivity index (χ0v) is 19.3. The molecule has 31 heavy (non-hydrogen) atoms. The van der Waals surface area contributed by atoms with E-state index < -0.39 is 38.0 Å². The zero-order valence-electron chi connectivity index (χ0n) is 15.4. The molecule has 0 saturated carbocycles. The summed E-state index contributed by atoms with van der Waals surface area (Å²) in [4.78, 5) is 30.5. The van der Waals surface area contributed by atoms with Gasteiger partial charge < -0.3 is 10.5 Å². The Morgan fingerprint density at radius 1 is 1.10 bits per heavy atom. The number of anilines is 1. The van der Waals surface area contributed by atoms with Crippen LogP contribution in [0.2, 0.25) is 0 Å². The van der Waals surface area contributed by atoms with E-state index in [0.29, 0.717) is 6.07 Å². The van der Waals surface area contributed by atoms with Crippen LogP contribution in [0.15, 0.2) is 34.8 Å². The SMILES string of the molecule is CCS(=O)(=O)Nc1cc(Br)c(Oc2ccc(F)cc2F)cc1C(N)=O.O=C(Cl)C(=O)Cl. The van der Waals surface area contributed by atoms with Crippen LogP contribution in [0.4, 0.5) is 14.5 Å². The Hall–Kier alpha value is -2.28. The van der Waals surface area contributed by atoms with Crippen LogP contribution in [0.25, 0.3) is 0 Å². The van der Waals surface area contributed by atoms with Gasteiger partial charge in [-0.15, -0.1) is 0 Å². The van der Waals surface area contributed by atoms with Gasteiger partial charge in [0, 0.05) is 6.07 Å². The number of ether oxygens (including phenoxy) is 1. The van der Waals surface area contributed by atoms with Crippen LogP contribution in [0.3, 0.4) is 0 Å². The summed E-state index contributed by atoms with van der Waals surface area (Å²) in [7, 11) is -3.65. The first kappa shape index (κ1) is 26.8. The van der Waals surface area contributed by atoms with Crippen molar-refractivity contribution in [1.82, 2.24) is 0 Å². The monoisotopic (exact) mass is 560 g/mol. The minimum Gasteiger partial charge on any atom is -0.453 e. The first-order valence-corrected chi connectivity index (χ1v) is 11.1.